The summed E-state index contributed by atoms with van der Waals surface area (Å²) in [5.74, 6) is -1.31. The molecule has 1 saturated heterocycles. The van der Waals surface area contributed by atoms with Crippen LogP contribution >= 0.6 is 11.3 Å². The number of benzene rings is 2. The average Bonchev–Trinajstić information content (AvgIpc) is 3.56. The summed E-state index contributed by atoms with van der Waals surface area (Å²) >= 11 is 1.48. The standard InChI is InChI=1S/C28H26N2O3S/c1-3-18-10-12-19(13-11-18)26(31)24-25(23-9-6-16-34-23)30(28(33)27(24)32)15-14-20-17-29(2)22-8-5-4-7-21(20)22/h4-13,16-17,25,31H,3,14-15H2,1-2H3/b26-24-. The molecule has 5 rings (SSSR count). The van der Waals surface area contributed by atoms with Crippen molar-refractivity contribution in [3.63, 3.8) is 0 Å². The van der Waals surface area contributed by atoms with E-state index in [9.17, 15) is 14.7 Å². The molecule has 1 aliphatic heterocycles. The summed E-state index contributed by atoms with van der Waals surface area (Å²) in [4.78, 5) is 28.8. The average molecular weight is 471 g/mol. The van der Waals surface area contributed by atoms with Crippen molar-refractivity contribution in [1.82, 2.24) is 9.47 Å². The minimum Gasteiger partial charge on any atom is -0.507 e. The maximum Gasteiger partial charge on any atom is 0.295 e. The van der Waals surface area contributed by atoms with Gasteiger partial charge < -0.3 is 14.6 Å². The van der Waals surface area contributed by atoms with Gasteiger partial charge in [0.25, 0.3) is 11.7 Å². The zero-order valence-corrected chi connectivity index (χ0v) is 20.0. The molecule has 0 aliphatic carbocycles. The summed E-state index contributed by atoms with van der Waals surface area (Å²) in [5, 5.41) is 14.2. The molecular weight excluding hydrogens is 444 g/mol. The van der Waals surface area contributed by atoms with Crippen molar-refractivity contribution in [3.05, 3.63) is 99.4 Å². The van der Waals surface area contributed by atoms with E-state index in [0.29, 0.717) is 18.5 Å². The smallest absolute Gasteiger partial charge is 0.295 e. The number of ketones is 1. The van der Waals surface area contributed by atoms with Crippen LogP contribution < -0.4 is 0 Å². The zero-order chi connectivity index (χ0) is 23.8. The summed E-state index contributed by atoms with van der Waals surface area (Å²) in [6.07, 6.45) is 3.58. The van der Waals surface area contributed by atoms with Crippen molar-refractivity contribution in [2.24, 2.45) is 7.05 Å². The highest BCUT2D eigenvalue weighted by molar-refractivity contribution is 7.10. The summed E-state index contributed by atoms with van der Waals surface area (Å²) in [7, 11) is 2.01. The molecule has 1 N–H and O–H groups in total. The lowest BCUT2D eigenvalue weighted by Crippen LogP contribution is -2.31. The van der Waals surface area contributed by atoms with Crippen LogP contribution in [-0.4, -0.2) is 32.8 Å². The largest absolute Gasteiger partial charge is 0.507 e. The molecule has 34 heavy (non-hydrogen) atoms. The number of thiophene rings is 1. The molecule has 2 aromatic heterocycles. The van der Waals surface area contributed by atoms with Gasteiger partial charge in [0.15, 0.2) is 0 Å². The number of nitrogens with zero attached hydrogens (tertiary/aromatic N) is 2. The molecule has 1 amide bonds. The van der Waals surface area contributed by atoms with Gasteiger partial charge in [0.2, 0.25) is 0 Å². The molecule has 5 nitrogen and oxygen atoms in total. The number of hydrogen-bond donors (Lipinski definition) is 1. The van der Waals surface area contributed by atoms with E-state index in [0.717, 1.165) is 33.3 Å². The number of fused-ring (bicyclic) bond motifs is 1. The number of aliphatic hydroxyl groups is 1. The van der Waals surface area contributed by atoms with E-state index in [4.69, 9.17) is 0 Å². The van der Waals surface area contributed by atoms with Crippen LogP contribution in [0.3, 0.4) is 0 Å². The zero-order valence-electron chi connectivity index (χ0n) is 19.2. The number of carbonyl (C=O) groups excluding carboxylic acids is 2. The molecule has 2 aromatic carbocycles. The minimum absolute atomic E-state index is 0.118. The van der Waals surface area contributed by atoms with Crippen molar-refractivity contribution in [2.45, 2.75) is 25.8 Å². The van der Waals surface area contributed by atoms with Crippen LogP contribution in [0.1, 0.15) is 34.5 Å². The van der Waals surface area contributed by atoms with Crippen molar-refractivity contribution in [3.8, 4) is 0 Å². The summed E-state index contributed by atoms with van der Waals surface area (Å²) in [6, 6.07) is 18.9. The van der Waals surface area contributed by atoms with E-state index in [1.165, 1.54) is 11.3 Å². The number of para-hydroxylation sites is 1. The number of amides is 1. The van der Waals surface area contributed by atoms with E-state index in [-0.39, 0.29) is 11.3 Å². The lowest BCUT2D eigenvalue weighted by Gasteiger charge is -2.24. The summed E-state index contributed by atoms with van der Waals surface area (Å²) < 4.78 is 2.08. The van der Waals surface area contributed by atoms with Crippen molar-refractivity contribution < 1.29 is 14.7 Å². The first kappa shape index (κ1) is 22.2. The number of hydrogen-bond acceptors (Lipinski definition) is 4. The lowest BCUT2D eigenvalue weighted by atomic mass is 9.99. The second-order valence-corrected chi connectivity index (χ2v) is 9.57. The molecule has 1 atom stereocenters. The first-order valence-corrected chi connectivity index (χ1v) is 12.3. The highest BCUT2D eigenvalue weighted by Crippen LogP contribution is 2.41. The van der Waals surface area contributed by atoms with E-state index in [1.807, 2.05) is 61.0 Å². The van der Waals surface area contributed by atoms with Gasteiger partial charge >= 0.3 is 0 Å². The maximum absolute atomic E-state index is 13.2. The van der Waals surface area contributed by atoms with Gasteiger partial charge in [-0.1, -0.05) is 55.5 Å². The van der Waals surface area contributed by atoms with E-state index in [1.54, 1.807) is 4.90 Å². The second-order valence-electron chi connectivity index (χ2n) is 8.59. The Labute approximate surface area is 202 Å². The molecule has 4 aromatic rings. The van der Waals surface area contributed by atoms with Crippen LogP contribution in [-0.2, 0) is 29.5 Å². The predicted octanol–water partition coefficient (Wildman–Crippen LogP) is 5.47. The fourth-order valence-corrected chi connectivity index (χ4v) is 5.62. The number of Topliss-reactive ketones (excluding diaryl/α,β-unsaturated/α-hetero) is 1. The quantitative estimate of drug-likeness (QED) is 0.231. The molecular formula is C28H26N2O3S. The molecule has 1 aliphatic rings. The molecule has 1 unspecified atom stereocenters. The van der Waals surface area contributed by atoms with Crippen LogP contribution in [0.25, 0.3) is 16.7 Å². The third kappa shape index (κ3) is 3.74. The lowest BCUT2D eigenvalue weighted by molar-refractivity contribution is -0.139. The van der Waals surface area contributed by atoms with Crippen molar-refractivity contribution in [1.29, 1.82) is 0 Å². The van der Waals surface area contributed by atoms with E-state index in [2.05, 4.69) is 29.8 Å². The van der Waals surface area contributed by atoms with Gasteiger partial charge in [0.05, 0.1) is 11.6 Å². The van der Waals surface area contributed by atoms with Gasteiger partial charge in [-0.05, 0) is 41.5 Å². The second kappa shape index (κ2) is 8.95. The summed E-state index contributed by atoms with van der Waals surface area (Å²) in [6.45, 7) is 2.44. The highest BCUT2D eigenvalue weighted by Gasteiger charge is 2.46. The Balaban J connectivity index is 1.53. The van der Waals surface area contributed by atoms with Crippen LogP contribution in [0, 0.1) is 0 Å². The Morgan fingerprint density at radius 3 is 2.50 bits per heavy atom. The molecule has 0 saturated carbocycles. The Morgan fingerprint density at radius 2 is 1.79 bits per heavy atom. The first-order chi connectivity index (χ1) is 16.5. The molecule has 6 heteroatoms. The van der Waals surface area contributed by atoms with Crippen LogP contribution in [0.2, 0.25) is 0 Å². The molecule has 3 heterocycles. The van der Waals surface area contributed by atoms with Crippen LogP contribution in [0.15, 0.2) is 77.8 Å². The number of carbonyl (C=O) groups is 2. The van der Waals surface area contributed by atoms with Gasteiger partial charge in [-0.25, -0.2) is 0 Å². The summed E-state index contributed by atoms with van der Waals surface area (Å²) in [5.41, 5.74) is 4.10. The van der Waals surface area contributed by atoms with Gasteiger partial charge in [0.1, 0.15) is 5.76 Å². The van der Waals surface area contributed by atoms with Gasteiger partial charge in [0, 0.05) is 41.1 Å². The fraction of sp³-hybridized carbons (Fsp3) is 0.214. The Morgan fingerprint density at radius 1 is 1.03 bits per heavy atom. The van der Waals surface area contributed by atoms with E-state index >= 15 is 0 Å². The highest BCUT2D eigenvalue weighted by atomic mass is 32.1. The van der Waals surface area contributed by atoms with Crippen LogP contribution in [0.5, 0.6) is 0 Å². The van der Waals surface area contributed by atoms with E-state index < -0.39 is 17.7 Å². The predicted molar refractivity (Wildman–Crippen MR) is 136 cm³/mol. The van der Waals surface area contributed by atoms with Gasteiger partial charge in [-0.2, -0.15) is 0 Å². The number of rotatable bonds is 6. The van der Waals surface area contributed by atoms with Gasteiger partial charge in [-0.3, -0.25) is 9.59 Å². The topological polar surface area (TPSA) is 62.5 Å². The number of aromatic nitrogens is 1. The Hall–Kier alpha value is -3.64. The first-order valence-electron chi connectivity index (χ1n) is 11.4. The molecule has 0 spiro atoms. The SMILES string of the molecule is CCc1ccc(/C(O)=C2/C(=O)C(=O)N(CCc3cn(C)c4ccccc34)C2c2cccs2)cc1. The maximum atomic E-state index is 13.2. The normalized spacial score (nSPS) is 17.7. The number of likely N-dealkylation sites (tertiary alicyclic amines) is 1. The van der Waals surface area contributed by atoms with Crippen molar-refractivity contribution in [2.75, 3.05) is 6.54 Å². The minimum atomic E-state index is -0.631. The molecule has 0 bridgehead atoms. The molecule has 0 radical (unpaired) electrons. The van der Waals surface area contributed by atoms with Gasteiger partial charge in [-0.15, -0.1) is 11.3 Å². The number of aryl methyl sites for hydroxylation is 2. The van der Waals surface area contributed by atoms with Crippen molar-refractivity contribution >= 4 is 39.7 Å². The third-order valence-corrected chi connectivity index (χ3v) is 7.51. The Bertz CT molecular complexity index is 1400. The number of aliphatic hydroxyl groups excluding tert-OH is 1. The Kier molecular flexibility index (Phi) is 5.84. The molecule has 1 fully saturated rings. The third-order valence-electron chi connectivity index (χ3n) is 6.59. The van der Waals surface area contributed by atoms with Crippen LogP contribution in [0.4, 0.5) is 0 Å². The fourth-order valence-electron chi connectivity index (χ4n) is 4.77. The molecule has 172 valence electrons. The monoisotopic (exact) mass is 470 g/mol.